The van der Waals surface area contributed by atoms with Crippen molar-refractivity contribution in [3.63, 3.8) is 0 Å². The van der Waals surface area contributed by atoms with Gasteiger partial charge in [-0.05, 0) is 7.05 Å². The summed E-state index contributed by atoms with van der Waals surface area (Å²) in [6.45, 7) is 4.67. The molecule has 3 nitrogen and oxygen atoms in total. The van der Waals surface area contributed by atoms with Gasteiger partial charge in [0.1, 0.15) is 0 Å². The molecule has 2 fully saturated rings. The first-order chi connectivity index (χ1) is 4.36. The Labute approximate surface area is 55.6 Å². The van der Waals surface area contributed by atoms with Crippen molar-refractivity contribution < 1.29 is 0 Å². The highest BCUT2D eigenvalue weighted by Crippen LogP contribution is 2.12. The van der Waals surface area contributed by atoms with Crippen molar-refractivity contribution in [1.82, 2.24) is 15.1 Å². The number of likely N-dealkylation sites (N-methyl/N-ethyl adjacent to an activating group) is 1. The molecule has 0 saturated carbocycles. The highest BCUT2D eigenvalue weighted by atomic mass is 15.4. The molecule has 1 unspecified atom stereocenters. The van der Waals surface area contributed by atoms with Gasteiger partial charge in [0.25, 0.3) is 0 Å². The highest BCUT2D eigenvalue weighted by Gasteiger charge is 2.31. The van der Waals surface area contributed by atoms with Gasteiger partial charge in [0, 0.05) is 25.8 Å². The van der Waals surface area contributed by atoms with Crippen molar-refractivity contribution >= 4 is 0 Å². The summed E-state index contributed by atoms with van der Waals surface area (Å²) in [5, 5.41) is 3.34. The minimum Gasteiger partial charge on any atom is -0.303 e. The van der Waals surface area contributed by atoms with Gasteiger partial charge in [-0.25, -0.2) is 0 Å². The van der Waals surface area contributed by atoms with Crippen molar-refractivity contribution in [1.29, 1.82) is 0 Å². The first kappa shape index (κ1) is 5.65. The molecular weight excluding hydrogens is 114 g/mol. The normalized spacial score (nSPS) is 37.7. The molecule has 0 aromatic rings. The Morgan fingerprint density at radius 3 is 3.22 bits per heavy atom. The van der Waals surface area contributed by atoms with Gasteiger partial charge in [-0.1, -0.05) is 0 Å². The molecule has 2 rings (SSSR count). The number of nitrogens with one attached hydrogen (secondary N) is 1. The van der Waals surface area contributed by atoms with E-state index in [2.05, 4.69) is 22.2 Å². The number of rotatable bonds is 0. The molecule has 2 aliphatic heterocycles. The van der Waals surface area contributed by atoms with E-state index in [0.717, 1.165) is 19.4 Å². The monoisotopic (exact) mass is 127 g/mol. The second-order valence-electron chi connectivity index (χ2n) is 3.03. The van der Waals surface area contributed by atoms with Crippen LogP contribution in [0.25, 0.3) is 0 Å². The van der Waals surface area contributed by atoms with E-state index in [1.54, 1.807) is 0 Å². The molecule has 0 bridgehead atoms. The van der Waals surface area contributed by atoms with Crippen LogP contribution in [-0.2, 0) is 0 Å². The van der Waals surface area contributed by atoms with Crippen molar-refractivity contribution in [2.24, 2.45) is 0 Å². The second kappa shape index (κ2) is 1.94. The fraction of sp³-hybridized carbons (Fsp3) is 1.00. The largest absolute Gasteiger partial charge is 0.303 e. The Hall–Kier alpha value is -0.120. The molecule has 0 aliphatic carbocycles. The van der Waals surface area contributed by atoms with Crippen LogP contribution >= 0.6 is 0 Å². The lowest BCUT2D eigenvalue weighted by molar-refractivity contribution is 0.276. The van der Waals surface area contributed by atoms with E-state index >= 15 is 0 Å². The quantitative estimate of drug-likeness (QED) is 0.456. The van der Waals surface area contributed by atoms with Crippen LogP contribution in [-0.4, -0.2) is 49.3 Å². The molecule has 1 N–H and O–H groups in total. The molecule has 2 saturated heterocycles. The lowest BCUT2D eigenvalue weighted by Gasteiger charge is -2.10. The Morgan fingerprint density at radius 2 is 2.44 bits per heavy atom. The lowest BCUT2D eigenvalue weighted by Crippen LogP contribution is -2.25. The molecule has 0 aromatic heterocycles. The SMILES string of the molecule is CN1CC2CNCN2C1. The Balaban J connectivity index is 2.02. The smallest absolute Gasteiger partial charge is 0.0519 e. The van der Waals surface area contributed by atoms with E-state index in [1.807, 2.05) is 0 Å². The fourth-order valence-corrected chi connectivity index (χ4v) is 1.71. The van der Waals surface area contributed by atoms with Crippen LogP contribution in [0.15, 0.2) is 0 Å². The minimum atomic E-state index is 0.801. The molecule has 3 heteroatoms. The third-order valence-electron chi connectivity index (χ3n) is 2.16. The number of fused-ring (bicyclic) bond motifs is 1. The zero-order valence-corrected chi connectivity index (χ0v) is 5.80. The van der Waals surface area contributed by atoms with Crippen molar-refractivity contribution in [3.05, 3.63) is 0 Å². The standard InChI is InChI=1S/C6H13N3/c1-8-3-6-2-7-4-9(6)5-8/h6-7H,2-5H2,1H3. The molecule has 2 heterocycles. The Kier molecular flexibility index (Phi) is 1.22. The summed E-state index contributed by atoms with van der Waals surface area (Å²) < 4.78 is 0. The third kappa shape index (κ3) is 0.852. The van der Waals surface area contributed by atoms with Crippen molar-refractivity contribution in [2.45, 2.75) is 6.04 Å². The maximum Gasteiger partial charge on any atom is 0.0519 e. The predicted molar refractivity (Wildman–Crippen MR) is 36.0 cm³/mol. The number of nitrogens with zero attached hydrogens (tertiary/aromatic N) is 2. The van der Waals surface area contributed by atoms with E-state index in [-0.39, 0.29) is 0 Å². The molecule has 0 radical (unpaired) electrons. The fourth-order valence-electron chi connectivity index (χ4n) is 1.71. The van der Waals surface area contributed by atoms with Crippen LogP contribution in [0.3, 0.4) is 0 Å². The van der Waals surface area contributed by atoms with Gasteiger partial charge >= 0.3 is 0 Å². The summed E-state index contributed by atoms with van der Waals surface area (Å²) in [6.07, 6.45) is 0. The first-order valence-electron chi connectivity index (χ1n) is 3.49. The van der Waals surface area contributed by atoms with Gasteiger partial charge in [-0.15, -0.1) is 0 Å². The summed E-state index contributed by atoms with van der Waals surface area (Å²) in [4.78, 5) is 4.84. The van der Waals surface area contributed by atoms with Gasteiger partial charge in [0.2, 0.25) is 0 Å². The Morgan fingerprint density at radius 1 is 1.56 bits per heavy atom. The van der Waals surface area contributed by atoms with Crippen LogP contribution in [0, 0.1) is 0 Å². The summed E-state index contributed by atoms with van der Waals surface area (Å²) in [5.41, 5.74) is 0. The maximum atomic E-state index is 3.34. The minimum absolute atomic E-state index is 0.801. The third-order valence-corrected chi connectivity index (χ3v) is 2.16. The predicted octanol–water partition coefficient (Wildman–Crippen LogP) is -0.879. The van der Waals surface area contributed by atoms with Gasteiger partial charge in [-0.2, -0.15) is 0 Å². The van der Waals surface area contributed by atoms with Crippen LogP contribution in [0.2, 0.25) is 0 Å². The summed E-state index contributed by atoms with van der Waals surface area (Å²) in [5.74, 6) is 0. The van der Waals surface area contributed by atoms with Gasteiger partial charge in [0.15, 0.2) is 0 Å². The number of hydrogen-bond donors (Lipinski definition) is 1. The maximum absolute atomic E-state index is 3.34. The van der Waals surface area contributed by atoms with Crippen LogP contribution in [0.5, 0.6) is 0 Å². The average Bonchev–Trinajstić information content (AvgIpc) is 2.22. The van der Waals surface area contributed by atoms with E-state index in [4.69, 9.17) is 0 Å². The molecule has 0 spiro atoms. The van der Waals surface area contributed by atoms with Crippen LogP contribution in [0.1, 0.15) is 0 Å². The van der Waals surface area contributed by atoms with Crippen LogP contribution in [0.4, 0.5) is 0 Å². The molecular formula is C6H13N3. The van der Waals surface area contributed by atoms with E-state index in [0.29, 0.717) is 0 Å². The van der Waals surface area contributed by atoms with Gasteiger partial charge < -0.3 is 5.32 Å². The highest BCUT2D eigenvalue weighted by molar-refractivity contribution is 4.86. The van der Waals surface area contributed by atoms with Crippen molar-refractivity contribution in [2.75, 3.05) is 33.5 Å². The second-order valence-corrected chi connectivity index (χ2v) is 3.03. The van der Waals surface area contributed by atoms with Gasteiger partial charge in [0.05, 0.1) is 6.67 Å². The topological polar surface area (TPSA) is 18.5 Å². The molecule has 0 aromatic carbocycles. The summed E-state index contributed by atoms with van der Waals surface area (Å²) in [7, 11) is 2.18. The van der Waals surface area contributed by atoms with E-state index in [1.165, 1.54) is 13.1 Å². The summed E-state index contributed by atoms with van der Waals surface area (Å²) in [6, 6.07) is 0.801. The molecule has 52 valence electrons. The number of hydrogen-bond acceptors (Lipinski definition) is 3. The lowest BCUT2D eigenvalue weighted by atomic mass is 10.3. The molecule has 9 heavy (non-hydrogen) atoms. The zero-order valence-electron chi connectivity index (χ0n) is 5.80. The summed E-state index contributed by atoms with van der Waals surface area (Å²) >= 11 is 0. The first-order valence-corrected chi connectivity index (χ1v) is 3.49. The molecule has 2 aliphatic rings. The molecule has 1 atom stereocenters. The zero-order chi connectivity index (χ0) is 6.27. The van der Waals surface area contributed by atoms with Crippen LogP contribution < -0.4 is 5.32 Å². The van der Waals surface area contributed by atoms with Gasteiger partial charge in [-0.3, -0.25) is 9.80 Å². The average molecular weight is 127 g/mol. The van der Waals surface area contributed by atoms with E-state index in [9.17, 15) is 0 Å². The van der Waals surface area contributed by atoms with Crippen molar-refractivity contribution in [3.8, 4) is 0 Å². The van der Waals surface area contributed by atoms with E-state index < -0.39 is 0 Å². The Bertz CT molecular complexity index is 103. The molecule has 0 amide bonds.